The van der Waals surface area contributed by atoms with Crippen LogP contribution in [0.15, 0.2) is 0 Å². The Morgan fingerprint density at radius 3 is 2.27 bits per heavy atom. The van der Waals surface area contributed by atoms with Gasteiger partial charge in [-0.15, -0.1) is 0 Å². The van der Waals surface area contributed by atoms with Gasteiger partial charge in [-0.05, 0) is 20.8 Å². The van der Waals surface area contributed by atoms with Crippen LogP contribution < -0.4 is 5.11 Å². The molecule has 0 rings (SSSR count). The third-order valence-electron chi connectivity index (χ3n) is 1.66. The number of rotatable bonds is 6. The van der Waals surface area contributed by atoms with E-state index in [1.807, 2.05) is 20.8 Å². The van der Waals surface area contributed by atoms with E-state index < -0.39 is 24.6 Å². The molecular weight excluding hydrogens is 200 g/mol. The van der Waals surface area contributed by atoms with Gasteiger partial charge in [-0.25, -0.2) is 0 Å². The van der Waals surface area contributed by atoms with Crippen LogP contribution in [0, 0.1) is 0 Å². The Labute approximate surface area is 89.7 Å². The Morgan fingerprint density at radius 2 is 1.87 bits per heavy atom. The van der Waals surface area contributed by atoms with Gasteiger partial charge in [-0.2, -0.15) is 0 Å². The van der Waals surface area contributed by atoms with Crippen LogP contribution in [0.1, 0.15) is 33.6 Å². The molecule has 5 nitrogen and oxygen atoms in total. The minimum atomic E-state index is -1.33. The average molecular weight is 219 g/mol. The zero-order chi connectivity index (χ0) is 12.1. The first-order valence-electron chi connectivity index (χ1n) is 4.90. The quantitative estimate of drug-likeness (QED) is 0.601. The van der Waals surface area contributed by atoms with Crippen LogP contribution in [0.3, 0.4) is 0 Å². The number of carboxylic acids is 1. The van der Waals surface area contributed by atoms with Gasteiger partial charge >= 0.3 is 0 Å². The summed E-state index contributed by atoms with van der Waals surface area (Å²) in [5.74, 6) is -1.33. The van der Waals surface area contributed by atoms with Gasteiger partial charge in [0.05, 0.1) is 24.4 Å². The topological polar surface area (TPSA) is 89.8 Å². The first-order valence-corrected chi connectivity index (χ1v) is 4.90. The first kappa shape index (κ1) is 14.3. The molecule has 5 heteroatoms. The van der Waals surface area contributed by atoms with Gasteiger partial charge in [0.25, 0.3) is 0 Å². The molecule has 0 fully saturated rings. The molecule has 0 spiro atoms. The monoisotopic (exact) mass is 219 g/mol. The predicted molar refractivity (Wildman–Crippen MR) is 52.0 cm³/mol. The molecule has 0 aromatic carbocycles. The van der Waals surface area contributed by atoms with Crippen molar-refractivity contribution in [2.24, 2.45) is 0 Å². The fourth-order valence-corrected chi connectivity index (χ4v) is 1.00. The zero-order valence-electron chi connectivity index (χ0n) is 9.40. The van der Waals surface area contributed by atoms with E-state index in [4.69, 9.17) is 4.74 Å². The van der Waals surface area contributed by atoms with Crippen molar-refractivity contribution in [1.82, 2.24) is 0 Å². The Balaban J connectivity index is 3.73. The molecule has 0 unspecified atom stereocenters. The lowest BCUT2D eigenvalue weighted by atomic mass is 10.1. The zero-order valence-corrected chi connectivity index (χ0v) is 9.40. The summed E-state index contributed by atoms with van der Waals surface area (Å²) in [7, 11) is 0. The second-order valence-corrected chi connectivity index (χ2v) is 4.54. The summed E-state index contributed by atoms with van der Waals surface area (Å²) in [6.45, 7) is 5.61. The second-order valence-electron chi connectivity index (χ2n) is 4.54. The molecule has 0 aromatic heterocycles. The highest BCUT2D eigenvalue weighted by molar-refractivity contribution is 5.64. The van der Waals surface area contributed by atoms with E-state index in [9.17, 15) is 20.1 Å². The van der Waals surface area contributed by atoms with Crippen molar-refractivity contribution in [1.29, 1.82) is 0 Å². The minimum absolute atomic E-state index is 0.0237. The summed E-state index contributed by atoms with van der Waals surface area (Å²) in [5, 5.41) is 28.7. The van der Waals surface area contributed by atoms with E-state index in [0.717, 1.165) is 0 Å². The molecule has 0 aromatic rings. The number of ether oxygens (including phenoxy) is 1. The summed E-state index contributed by atoms with van der Waals surface area (Å²) in [6.07, 6.45) is -2.44. The number of aliphatic hydroxyl groups excluding tert-OH is 2. The van der Waals surface area contributed by atoms with E-state index >= 15 is 0 Å². The maximum atomic E-state index is 10.1. The number of carboxylic acid groups (broad SMARTS) is 1. The predicted octanol–water partition coefficient (Wildman–Crippen LogP) is -0.947. The molecule has 2 N–H and O–H groups in total. The lowest BCUT2D eigenvalue weighted by Crippen LogP contribution is -2.32. The van der Waals surface area contributed by atoms with Crippen LogP contribution in [0.4, 0.5) is 0 Å². The largest absolute Gasteiger partial charge is 0.550 e. The molecule has 0 saturated heterocycles. The van der Waals surface area contributed by atoms with Gasteiger partial charge in [0.2, 0.25) is 0 Å². The van der Waals surface area contributed by atoms with Crippen LogP contribution in [-0.2, 0) is 9.53 Å². The Morgan fingerprint density at radius 1 is 1.33 bits per heavy atom. The fourth-order valence-electron chi connectivity index (χ4n) is 1.00. The molecule has 0 amide bonds. The smallest absolute Gasteiger partial charge is 0.0798 e. The molecule has 90 valence electrons. The van der Waals surface area contributed by atoms with E-state index in [-0.39, 0.29) is 18.6 Å². The third kappa shape index (κ3) is 9.65. The van der Waals surface area contributed by atoms with Crippen LogP contribution in [0.5, 0.6) is 0 Å². The molecule has 0 bridgehead atoms. The lowest BCUT2D eigenvalue weighted by molar-refractivity contribution is -0.307. The Kier molecular flexibility index (Phi) is 5.79. The van der Waals surface area contributed by atoms with Crippen LogP contribution >= 0.6 is 0 Å². The first-order chi connectivity index (χ1) is 6.70. The Hall–Kier alpha value is -0.650. The summed E-state index contributed by atoms with van der Waals surface area (Å²) in [6, 6.07) is 0. The number of carbonyl (C=O) groups excluding carboxylic acids is 1. The molecule has 15 heavy (non-hydrogen) atoms. The van der Waals surface area contributed by atoms with Gasteiger partial charge in [0, 0.05) is 18.8 Å². The second kappa shape index (κ2) is 6.05. The highest BCUT2D eigenvalue weighted by Crippen LogP contribution is 2.09. The lowest BCUT2D eigenvalue weighted by Gasteiger charge is -2.23. The molecule has 0 heterocycles. The van der Waals surface area contributed by atoms with Gasteiger partial charge < -0.3 is 24.9 Å². The summed E-state index contributed by atoms with van der Waals surface area (Å²) < 4.78 is 5.27. The van der Waals surface area contributed by atoms with Crippen molar-refractivity contribution in [2.75, 3.05) is 6.61 Å². The number of hydrogen-bond donors (Lipinski definition) is 2. The van der Waals surface area contributed by atoms with Gasteiger partial charge in [-0.3, -0.25) is 0 Å². The molecule has 0 radical (unpaired) electrons. The number of carbonyl (C=O) groups is 1. The van der Waals surface area contributed by atoms with Crippen molar-refractivity contribution in [3.05, 3.63) is 0 Å². The average Bonchev–Trinajstić information content (AvgIpc) is 1.97. The van der Waals surface area contributed by atoms with Crippen molar-refractivity contribution < 1.29 is 24.9 Å². The highest BCUT2D eigenvalue weighted by atomic mass is 16.5. The van der Waals surface area contributed by atoms with Crippen molar-refractivity contribution in [3.8, 4) is 0 Å². The molecule has 0 aliphatic heterocycles. The Bertz CT molecular complexity index is 196. The summed E-state index contributed by atoms with van der Waals surface area (Å²) in [4.78, 5) is 10.1. The molecular formula is C10H19O5-. The number of aliphatic hydroxyl groups is 2. The van der Waals surface area contributed by atoms with Crippen LogP contribution in [0.2, 0.25) is 0 Å². The molecule has 0 aliphatic carbocycles. The van der Waals surface area contributed by atoms with E-state index in [0.29, 0.717) is 0 Å². The van der Waals surface area contributed by atoms with Gasteiger partial charge in [-0.1, -0.05) is 0 Å². The van der Waals surface area contributed by atoms with Crippen molar-refractivity contribution in [2.45, 2.75) is 51.4 Å². The van der Waals surface area contributed by atoms with Crippen molar-refractivity contribution >= 4 is 5.97 Å². The minimum Gasteiger partial charge on any atom is -0.550 e. The summed E-state index contributed by atoms with van der Waals surface area (Å²) >= 11 is 0. The fraction of sp³-hybridized carbons (Fsp3) is 0.900. The highest BCUT2D eigenvalue weighted by Gasteiger charge is 2.16. The molecule has 0 aliphatic rings. The maximum Gasteiger partial charge on any atom is 0.0798 e. The van der Waals surface area contributed by atoms with Crippen LogP contribution in [0.25, 0.3) is 0 Å². The standard InChI is InChI=1S/C10H20O5/c1-10(2,3)15-6-8(12)4-7(11)5-9(13)14/h7-8,11-12H,4-6H2,1-3H3,(H,13,14)/p-1/t7-,8-/m0/s1. The van der Waals surface area contributed by atoms with E-state index in [2.05, 4.69) is 0 Å². The van der Waals surface area contributed by atoms with Gasteiger partial charge in [0.1, 0.15) is 0 Å². The van der Waals surface area contributed by atoms with E-state index in [1.54, 1.807) is 0 Å². The third-order valence-corrected chi connectivity index (χ3v) is 1.66. The van der Waals surface area contributed by atoms with Gasteiger partial charge in [0.15, 0.2) is 0 Å². The molecule has 0 saturated carbocycles. The van der Waals surface area contributed by atoms with Crippen LogP contribution in [-0.4, -0.2) is 40.6 Å². The number of aliphatic carboxylic acids is 1. The molecule has 2 atom stereocenters. The van der Waals surface area contributed by atoms with Crippen molar-refractivity contribution in [3.63, 3.8) is 0 Å². The normalized spacial score (nSPS) is 16.1. The maximum absolute atomic E-state index is 10.1. The summed E-state index contributed by atoms with van der Waals surface area (Å²) in [5.41, 5.74) is -0.361. The number of hydrogen-bond acceptors (Lipinski definition) is 5. The SMILES string of the molecule is CC(C)(C)OC[C@@H](O)C[C@H](O)CC(=O)[O-]. The van der Waals surface area contributed by atoms with E-state index in [1.165, 1.54) is 0 Å².